The number of nitrogens with zero attached hydrogens (tertiary/aromatic N) is 4. The van der Waals surface area contributed by atoms with E-state index in [-0.39, 0.29) is 30.8 Å². The average molecular weight is 551 g/mol. The predicted octanol–water partition coefficient (Wildman–Crippen LogP) is 3.86. The van der Waals surface area contributed by atoms with Gasteiger partial charge in [0.2, 0.25) is 0 Å². The van der Waals surface area contributed by atoms with Crippen LogP contribution in [0.5, 0.6) is 5.75 Å². The van der Waals surface area contributed by atoms with Crippen LogP contribution in [-0.4, -0.2) is 82.8 Å². The van der Waals surface area contributed by atoms with Gasteiger partial charge in [-0.25, -0.2) is 14.8 Å². The number of anilines is 1. The first kappa shape index (κ1) is 27.9. The summed E-state index contributed by atoms with van der Waals surface area (Å²) in [6.45, 7) is 6.41. The maximum Gasteiger partial charge on any atom is 0.409 e. The molecule has 11 nitrogen and oxygen atoms in total. The molecule has 2 bridgehead atoms. The topological polar surface area (TPSA) is 135 Å². The third-order valence-corrected chi connectivity index (χ3v) is 7.85. The Morgan fingerprint density at radius 3 is 2.60 bits per heavy atom. The molecule has 1 amide bonds. The van der Waals surface area contributed by atoms with Crippen molar-refractivity contribution in [1.82, 2.24) is 25.3 Å². The summed E-state index contributed by atoms with van der Waals surface area (Å²) in [5, 5.41) is 20.8. The molecular weight excluding hydrogens is 512 g/mol. The summed E-state index contributed by atoms with van der Waals surface area (Å²) >= 11 is 0. The van der Waals surface area contributed by atoms with Gasteiger partial charge in [-0.1, -0.05) is 17.3 Å². The minimum absolute atomic E-state index is 0.152. The first-order chi connectivity index (χ1) is 19.3. The molecule has 2 aliphatic rings. The molecule has 3 atom stereocenters. The Morgan fingerprint density at radius 1 is 1.20 bits per heavy atom. The quantitative estimate of drug-likeness (QED) is 0.360. The van der Waals surface area contributed by atoms with Gasteiger partial charge in [0.15, 0.2) is 5.82 Å². The van der Waals surface area contributed by atoms with Gasteiger partial charge in [-0.05, 0) is 65.6 Å². The van der Waals surface area contributed by atoms with Crippen molar-refractivity contribution in [3.8, 4) is 28.4 Å². The van der Waals surface area contributed by atoms with Crippen LogP contribution in [0, 0.1) is 20.8 Å². The summed E-state index contributed by atoms with van der Waals surface area (Å²) in [5.74, 6) is 2.60. The molecule has 5 rings (SSSR count). The minimum atomic E-state index is -0.618. The van der Waals surface area contributed by atoms with Crippen LogP contribution < -0.4 is 15.4 Å². The van der Waals surface area contributed by atoms with E-state index in [4.69, 9.17) is 24.0 Å². The molecule has 0 radical (unpaired) electrons. The van der Waals surface area contributed by atoms with Crippen LogP contribution in [0.15, 0.2) is 28.8 Å². The number of fused-ring (bicyclic) bond motifs is 2. The van der Waals surface area contributed by atoms with E-state index in [1.807, 2.05) is 49.9 Å². The van der Waals surface area contributed by atoms with Crippen molar-refractivity contribution < 1.29 is 23.9 Å². The van der Waals surface area contributed by atoms with Gasteiger partial charge >= 0.3 is 6.09 Å². The van der Waals surface area contributed by atoms with Gasteiger partial charge in [0.1, 0.15) is 30.0 Å². The molecule has 0 aliphatic carbocycles. The number of hydrogen-bond donors (Lipinski definition) is 3. The van der Waals surface area contributed by atoms with Crippen molar-refractivity contribution >= 4 is 11.9 Å². The van der Waals surface area contributed by atoms with Crippen molar-refractivity contribution in [2.45, 2.75) is 70.7 Å². The molecule has 40 heavy (non-hydrogen) atoms. The number of hydrogen-bond acceptors (Lipinski definition) is 10. The fourth-order valence-electron chi connectivity index (χ4n) is 5.95. The van der Waals surface area contributed by atoms with Gasteiger partial charge in [0.25, 0.3) is 0 Å². The zero-order valence-electron chi connectivity index (χ0n) is 23.7. The maximum atomic E-state index is 12.4. The van der Waals surface area contributed by atoms with Gasteiger partial charge in [0, 0.05) is 35.8 Å². The monoisotopic (exact) mass is 550 g/mol. The normalized spacial score (nSPS) is 20.9. The fraction of sp³-hybridized carbons (Fsp3) is 0.517. The first-order valence-electron chi connectivity index (χ1n) is 13.8. The SMILES string of the molecule is CNCC(O)COc1cccc(-c2nc(NC3CC4CCC(C3)N4C(=O)OC)c(C)c(-c3c(C)noc3C)n2)c1. The zero-order valence-corrected chi connectivity index (χ0v) is 23.7. The van der Waals surface area contributed by atoms with Crippen LogP contribution in [0.1, 0.15) is 42.7 Å². The number of rotatable bonds is 9. The lowest BCUT2D eigenvalue weighted by atomic mass is 9.97. The fourth-order valence-corrected chi connectivity index (χ4v) is 5.95. The van der Waals surface area contributed by atoms with Crippen molar-refractivity contribution in [2.24, 2.45) is 0 Å². The summed E-state index contributed by atoms with van der Waals surface area (Å²) in [5.41, 5.74) is 4.07. The molecule has 0 spiro atoms. The van der Waals surface area contributed by atoms with Crippen LogP contribution in [0.25, 0.3) is 22.6 Å². The molecule has 2 aromatic heterocycles. The number of methoxy groups -OCH3 is 1. The van der Waals surface area contributed by atoms with Gasteiger partial charge in [-0.15, -0.1) is 0 Å². The second kappa shape index (κ2) is 11.8. The maximum absolute atomic E-state index is 12.4. The molecule has 3 aromatic rings. The Balaban J connectivity index is 1.47. The molecule has 2 aliphatic heterocycles. The van der Waals surface area contributed by atoms with E-state index in [0.29, 0.717) is 23.9 Å². The number of carbonyl (C=O) groups excluding carboxylic acids is 1. The Kier molecular flexibility index (Phi) is 8.22. The van der Waals surface area contributed by atoms with E-state index in [0.717, 1.165) is 59.6 Å². The number of aliphatic hydroxyl groups excluding tert-OH is 1. The largest absolute Gasteiger partial charge is 0.491 e. The standard InChI is InChI=1S/C29H38N6O5/c1-16-26(25-17(2)34-40-18(25)3)32-28(19-7-6-8-24(11-19)39-15-23(36)14-30-4)33-27(16)31-20-12-21-9-10-22(13-20)35(21)29(37)38-5/h6-8,11,20-23,30,36H,9-10,12-15H2,1-5H3,(H,31,32,33). The number of likely N-dealkylation sites (N-methyl/N-ethyl adjacent to an activating group) is 1. The van der Waals surface area contributed by atoms with Gasteiger partial charge in [-0.3, -0.25) is 0 Å². The van der Waals surface area contributed by atoms with Crippen LogP contribution >= 0.6 is 0 Å². The van der Waals surface area contributed by atoms with E-state index in [2.05, 4.69) is 15.8 Å². The number of ether oxygens (including phenoxy) is 2. The average Bonchev–Trinajstić information content (AvgIpc) is 3.42. The molecule has 3 N–H and O–H groups in total. The minimum Gasteiger partial charge on any atom is -0.491 e. The van der Waals surface area contributed by atoms with E-state index < -0.39 is 6.10 Å². The lowest BCUT2D eigenvalue weighted by molar-refractivity contribution is 0.0832. The summed E-state index contributed by atoms with van der Waals surface area (Å²) < 4.78 is 16.4. The predicted molar refractivity (Wildman–Crippen MR) is 150 cm³/mol. The number of aryl methyl sites for hydroxylation is 2. The second-order valence-corrected chi connectivity index (χ2v) is 10.7. The molecule has 11 heteroatoms. The molecule has 3 unspecified atom stereocenters. The van der Waals surface area contributed by atoms with E-state index in [1.165, 1.54) is 7.11 Å². The molecular formula is C29H38N6O5. The number of piperidine rings is 1. The van der Waals surface area contributed by atoms with Crippen molar-refractivity contribution in [2.75, 3.05) is 32.6 Å². The van der Waals surface area contributed by atoms with Gasteiger partial charge < -0.3 is 34.6 Å². The summed E-state index contributed by atoms with van der Waals surface area (Å²) in [7, 11) is 3.23. The molecule has 1 aromatic carbocycles. The number of amides is 1. The van der Waals surface area contributed by atoms with Crippen LogP contribution in [0.3, 0.4) is 0 Å². The van der Waals surface area contributed by atoms with Crippen LogP contribution in [0.4, 0.5) is 10.6 Å². The number of nitrogens with one attached hydrogen (secondary N) is 2. The highest BCUT2D eigenvalue weighted by atomic mass is 16.5. The second-order valence-electron chi connectivity index (χ2n) is 10.7. The van der Waals surface area contributed by atoms with Crippen LogP contribution in [-0.2, 0) is 4.74 Å². The lowest BCUT2D eigenvalue weighted by Crippen LogP contribution is -2.49. The highest BCUT2D eigenvalue weighted by Crippen LogP contribution is 2.39. The number of aromatic nitrogens is 3. The van der Waals surface area contributed by atoms with Crippen molar-refractivity contribution in [3.05, 3.63) is 41.3 Å². The Hall–Kier alpha value is -3.70. The molecule has 214 valence electrons. The number of aliphatic hydroxyl groups is 1. The highest BCUT2D eigenvalue weighted by molar-refractivity contribution is 5.75. The molecule has 2 fully saturated rings. The molecule has 4 heterocycles. The third kappa shape index (κ3) is 5.62. The zero-order chi connectivity index (χ0) is 28.4. The molecule has 2 saturated heterocycles. The number of benzene rings is 1. The first-order valence-corrected chi connectivity index (χ1v) is 13.8. The van der Waals surface area contributed by atoms with E-state index >= 15 is 0 Å². The van der Waals surface area contributed by atoms with E-state index in [9.17, 15) is 9.90 Å². The summed E-state index contributed by atoms with van der Waals surface area (Å²) in [6, 6.07) is 8.02. The van der Waals surface area contributed by atoms with Gasteiger partial charge in [-0.2, -0.15) is 0 Å². The lowest BCUT2D eigenvalue weighted by Gasteiger charge is -2.38. The Morgan fingerprint density at radius 2 is 1.95 bits per heavy atom. The van der Waals surface area contributed by atoms with Crippen molar-refractivity contribution in [1.29, 1.82) is 0 Å². The van der Waals surface area contributed by atoms with Crippen molar-refractivity contribution in [3.63, 3.8) is 0 Å². The smallest absolute Gasteiger partial charge is 0.409 e. The van der Waals surface area contributed by atoms with Crippen LogP contribution in [0.2, 0.25) is 0 Å². The van der Waals surface area contributed by atoms with E-state index in [1.54, 1.807) is 7.05 Å². The highest BCUT2D eigenvalue weighted by Gasteiger charge is 2.44. The van der Waals surface area contributed by atoms with Gasteiger partial charge in [0.05, 0.1) is 24.1 Å². The Labute approximate surface area is 234 Å². The summed E-state index contributed by atoms with van der Waals surface area (Å²) in [6.07, 6.45) is 2.74. The summed E-state index contributed by atoms with van der Waals surface area (Å²) in [4.78, 5) is 24.2. The Bertz CT molecular complexity index is 1330. The number of carbonyl (C=O) groups is 1. The molecule has 0 saturated carbocycles. The third-order valence-electron chi connectivity index (χ3n) is 7.85.